The smallest absolute Gasteiger partial charge is 0.245 e. The van der Waals surface area contributed by atoms with E-state index in [9.17, 15) is 24.6 Å². The Labute approximate surface area is 175 Å². The monoisotopic (exact) mass is 421 g/mol. The van der Waals surface area contributed by atoms with Crippen LogP contribution in [0.4, 0.5) is 0 Å². The van der Waals surface area contributed by atoms with Crippen LogP contribution in [0.2, 0.25) is 0 Å². The minimum absolute atomic E-state index is 0.207. The van der Waals surface area contributed by atoms with Gasteiger partial charge in [0.15, 0.2) is 11.5 Å². The normalized spacial score (nSPS) is 15.2. The minimum atomic E-state index is -1.09. The van der Waals surface area contributed by atoms with E-state index in [1.807, 2.05) is 0 Å². The van der Waals surface area contributed by atoms with E-state index >= 15 is 0 Å². The minimum Gasteiger partial charge on any atom is -0.504 e. The number of rotatable bonds is 10. The second-order valence-electron chi connectivity index (χ2n) is 7.77. The molecule has 1 aliphatic rings. The lowest BCUT2D eigenvalue weighted by Crippen LogP contribution is -2.49. The van der Waals surface area contributed by atoms with Crippen molar-refractivity contribution in [3.63, 3.8) is 0 Å². The molecule has 9 nitrogen and oxygen atoms in total. The van der Waals surface area contributed by atoms with Crippen LogP contribution in [0.25, 0.3) is 0 Å². The largest absolute Gasteiger partial charge is 0.504 e. The first kappa shape index (κ1) is 23.5. The highest BCUT2D eigenvalue weighted by atomic mass is 16.5. The van der Waals surface area contributed by atoms with Crippen LogP contribution in [0, 0.1) is 5.92 Å². The number of hydroxylamine groups is 1. The Morgan fingerprint density at radius 3 is 2.43 bits per heavy atom. The van der Waals surface area contributed by atoms with Gasteiger partial charge in [-0.1, -0.05) is 38.2 Å². The summed E-state index contributed by atoms with van der Waals surface area (Å²) in [6.45, 7) is 0.207. The molecule has 0 bridgehead atoms. The van der Waals surface area contributed by atoms with Crippen molar-refractivity contribution in [2.24, 2.45) is 5.92 Å². The van der Waals surface area contributed by atoms with Crippen LogP contribution < -0.4 is 16.1 Å². The zero-order valence-corrected chi connectivity index (χ0v) is 17.0. The molecule has 1 aromatic carbocycles. The van der Waals surface area contributed by atoms with Crippen molar-refractivity contribution in [1.29, 1.82) is 0 Å². The van der Waals surface area contributed by atoms with Crippen molar-refractivity contribution in [2.75, 3.05) is 6.54 Å². The number of nitrogens with one attached hydrogen (secondary N) is 3. The highest BCUT2D eigenvalue weighted by Gasteiger charge is 2.24. The van der Waals surface area contributed by atoms with Crippen molar-refractivity contribution in [2.45, 2.75) is 63.8 Å². The summed E-state index contributed by atoms with van der Waals surface area (Å²) in [6, 6.07) is 3.27. The number of hydrogen-bond donors (Lipinski definition) is 6. The predicted molar refractivity (Wildman–Crippen MR) is 109 cm³/mol. The fourth-order valence-electron chi connectivity index (χ4n) is 3.70. The third-order valence-corrected chi connectivity index (χ3v) is 5.42. The second-order valence-corrected chi connectivity index (χ2v) is 7.77. The van der Waals surface area contributed by atoms with E-state index < -0.39 is 17.9 Å². The van der Waals surface area contributed by atoms with E-state index in [1.54, 1.807) is 6.07 Å². The standard InChI is InChI=1S/C21H31N3O6/c25-17-8-6-15(12-18(17)26)10-11-22-21(29)16(13-20(28)24-30)23-19(27)9-7-14-4-2-1-3-5-14/h6,8,12,14,16,25-26,30H,1-5,7,9-11,13H2,(H,22,29)(H,23,27)(H,24,28)/t16-/m1/s1. The lowest BCUT2D eigenvalue weighted by Gasteiger charge is -2.22. The van der Waals surface area contributed by atoms with Crippen LogP contribution in [-0.4, -0.2) is 45.7 Å². The molecule has 0 radical (unpaired) electrons. The molecule has 0 aliphatic heterocycles. The van der Waals surface area contributed by atoms with Gasteiger partial charge in [-0.25, -0.2) is 5.48 Å². The molecule has 30 heavy (non-hydrogen) atoms. The van der Waals surface area contributed by atoms with E-state index in [1.165, 1.54) is 36.9 Å². The van der Waals surface area contributed by atoms with Gasteiger partial charge in [0.2, 0.25) is 17.7 Å². The molecule has 166 valence electrons. The summed E-state index contributed by atoms with van der Waals surface area (Å²) in [5.41, 5.74) is 2.18. The van der Waals surface area contributed by atoms with Gasteiger partial charge in [-0.15, -0.1) is 0 Å². The van der Waals surface area contributed by atoms with E-state index in [2.05, 4.69) is 10.6 Å². The van der Waals surface area contributed by atoms with Gasteiger partial charge in [-0.2, -0.15) is 0 Å². The van der Waals surface area contributed by atoms with E-state index in [0.717, 1.165) is 19.3 Å². The lowest BCUT2D eigenvalue weighted by molar-refractivity contribution is -0.135. The molecule has 1 aromatic rings. The molecule has 2 rings (SSSR count). The summed E-state index contributed by atoms with van der Waals surface area (Å²) in [4.78, 5) is 36.3. The molecular formula is C21H31N3O6. The molecule has 0 heterocycles. The Balaban J connectivity index is 1.83. The zero-order valence-electron chi connectivity index (χ0n) is 17.0. The van der Waals surface area contributed by atoms with Crippen LogP contribution in [0.15, 0.2) is 18.2 Å². The van der Waals surface area contributed by atoms with Crippen molar-refractivity contribution >= 4 is 17.7 Å². The van der Waals surface area contributed by atoms with Crippen LogP contribution in [0.3, 0.4) is 0 Å². The molecule has 0 saturated heterocycles. The Morgan fingerprint density at radius 2 is 1.77 bits per heavy atom. The van der Waals surface area contributed by atoms with Crippen LogP contribution in [0.1, 0.15) is 56.9 Å². The molecular weight excluding hydrogens is 390 g/mol. The van der Waals surface area contributed by atoms with E-state index in [4.69, 9.17) is 5.21 Å². The molecule has 0 aromatic heterocycles. The summed E-state index contributed by atoms with van der Waals surface area (Å²) >= 11 is 0. The first-order chi connectivity index (χ1) is 14.4. The highest BCUT2D eigenvalue weighted by molar-refractivity contribution is 5.91. The lowest BCUT2D eigenvalue weighted by atomic mass is 9.86. The molecule has 1 saturated carbocycles. The quantitative estimate of drug-likeness (QED) is 0.192. The molecule has 1 fully saturated rings. The Bertz CT molecular complexity index is 733. The van der Waals surface area contributed by atoms with Gasteiger partial charge < -0.3 is 20.8 Å². The molecule has 0 spiro atoms. The highest BCUT2D eigenvalue weighted by Crippen LogP contribution is 2.27. The number of benzene rings is 1. The fourth-order valence-corrected chi connectivity index (χ4v) is 3.70. The summed E-state index contributed by atoms with van der Waals surface area (Å²) in [6.07, 6.45) is 6.92. The number of carbonyl (C=O) groups excluding carboxylic acids is 3. The SMILES string of the molecule is O=C(C[C@@H](NC(=O)CCC1CCCCC1)C(=O)NCCc1ccc(O)c(O)c1)NO. The third-order valence-electron chi connectivity index (χ3n) is 5.42. The second kappa shape index (κ2) is 12.0. The molecule has 1 aliphatic carbocycles. The van der Waals surface area contributed by atoms with E-state index in [0.29, 0.717) is 24.3 Å². The van der Waals surface area contributed by atoms with Crippen molar-refractivity contribution in [3.05, 3.63) is 23.8 Å². The summed E-state index contributed by atoms with van der Waals surface area (Å²) in [5.74, 6) is -1.55. The third kappa shape index (κ3) is 7.90. The maximum atomic E-state index is 12.5. The van der Waals surface area contributed by atoms with Gasteiger partial charge in [0.25, 0.3) is 0 Å². The Hall–Kier alpha value is -2.81. The Kier molecular flexibility index (Phi) is 9.40. The number of phenols is 2. The van der Waals surface area contributed by atoms with E-state index in [-0.39, 0.29) is 30.4 Å². The number of phenolic OH excluding ortho intramolecular Hbond substituents is 2. The van der Waals surface area contributed by atoms with Crippen molar-refractivity contribution in [3.8, 4) is 11.5 Å². The average molecular weight is 421 g/mol. The van der Waals surface area contributed by atoms with Gasteiger partial charge in [-0.3, -0.25) is 19.6 Å². The van der Waals surface area contributed by atoms with Gasteiger partial charge in [0, 0.05) is 13.0 Å². The number of hydrogen-bond acceptors (Lipinski definition) is 6. The molecule has 0 unspecified atom stereocenters. The van der Waals surface area contributed by atoms with Gasteiger partial charge in [-0.05, 0) is 36.5 Å². The van der Waals surface area contributed by atoms with Crippen molar-refractivity contribution < 1.29 is 29.8 Å². The van der Waals surface area contributed by atoms with Crippen LogP contribution in [0.5, 0.6) is 11.5 Å². The van der Waals surface area contributed by atoms with Gasteiger partial charge in [0.05, 0.1) is 6.42 Å². The molecule has 3 amide bonds. The first-order valence-corrected chi connectivity index (χ1v) is 10.4. The fraction of sp³-hybridized carbons (Fsp3) is 0.571. The average Bonchev–Trinajstić information content (AvgIpc) is 2.74. The first-order valence-electron chi connectivity index (χ1n) is 10.4. The maximum absolute atomic E-state index is 12.5. The summed E-state index contributed by atoms with van der Waals surface area (Å²) < 4.78 is 0. The topological polar surface area (TPSA) is 148 Å². The van der Waals surface area contributed by atoms with Crippen LogP contribution >= 0.6 is 0 Å². The number of aromatic hydroxyl groups is 2. The molecule has 6 N–H and O–H groups in total. The summed E-state index contributed by atoms with van der Waals surface area (Å²) in [7, 11) is 0. The maximum Gasteiger partial charge on any atom is 0.245 e. The van der Waals surface area contributed by atoms with Gasteiger partial charge >= 0.3 is 0 Å². The number of carbonyl (C=O) groups is 3. The molecule has 9 heteroatoms. The Morgan fingerprint density at radius 1 is 1.03 bits per heavy atom. The predicted octanol–water partition coefficient (Wildman–Crippen LogP) is 1.50. The van der Waals surface area contributed by atoms with Gasteiger partial charge in [0.1, 0.15) is 6.04 Å². The summed E-state index contributed by atoms with van der Waals surface area (Å²) in [5, 5.41) is 32.8. The van der Waals surface area contributed by atoms with Crippen molar-refractivity contribution in [1.82, 2.24) is 16.1 Å². The zero-order chi connectivity index (χ0) is 21.9. The van der Waals surface area contributed by atoms with Crippen LogP contribution in [-0.2, 0) is 20.8 Å². The number of amides is 3. The molecule has 1 atom stereocenters.